The van der Waals surface area contributed by atoms with Crippen LogP contribution < -0.4 is 5.48 Å². The van der Waals surface area contributed by atoms with E-state index in [0.717, 1.165) is 5.56 Å². The molecule has 0 radical (unpaired) electrons. The summed E-state index contributed by atoms with van der Waals surface area (Å²) in [6, 6.07) is 9.62. The summed E-state index contributed by atoms with van der Waals surface area (Å²) in [7, 11) is 1.75. The summed E-state index contributed by atoms with van der Waals surface area (Å²) in [5.74, 6) is -0.305. The maximum Gasteiger partial charge on any atom is 0.293 e. The third-order valence-corrected chi connectivity index (χ3v) is 2.30. The number of rotatable bonds is 4. The van der Waals surface area contributed by atoms with Crippen molar-refractivity contribution < 1.29 is 9.63 Å². The molecule has 0 bridgehead atoms. The van der Waals surface area contributed by atoms with E-state index in [9.17, 15) is 4.79 Å². The van der Waals surface area contributed by atoms with Crippen molar-refractivity contribution in [2.75, 3.05) is 0 Å². The first-order chi connectivity index (χ1) is 8.27. The summed E-state index contributed by atoms with van der Waals surface area (Å²) < 4.78 is 1.63. The largest absolute Gasteiger partial charge is 0.330 e. The van der Waals surface area contributed by atoms with Crippen LogP contribution in [0.2, 0.25) is 0 Å². The molecule has 0 unspecified atom stereocenters. The van der Waals surface area contributed by atoms with Crippen LogP contribution in [-0.4, -0.2) is 15.5 Å². The van der Waals surface area contributed by atoms with Gasteiger partial charge in [0.15, 0.2) is 0 Å². The second-order valence-electron chi connectivity index (χ2n) is 3.60. The Kier molecular flexibility index (Phi) is 3.52. The molecule has 1 heterocycles. The van der Waals surface area contributed by atoms with Gasteiger partial charge in [0.05, 0.1) is 19.1 Å². The maximum absolute atomic E-state index is 11.6. The Balaban J connectivity index is 1.84. The van der Waals surface area contributed by atoms with Crippen LogP contribution in [-0.2, 0) is 18.5 Å². The van der Waals surface area contributed by atoms with E-state index in [4.69, 9.17) is 4.84 Å². The number of aromatic nitrogens is 2. The number of nitrogens with zero attached hydrogens (tertiary/aromatic N) is 2. The van der Waals surface area contributed by atoms with Crippen molar-refractivity contribution in [1.29, 1.82) is 0 Å². The van der Waals surface area contributed by atoms with Crippen LogP contribution in [0.4, 0.5) is 0 Å². The van der Waals surface area contributed by atoms with Gasteiger partial charge in [-0.3, -0.25) is 9.63 Å². The number of benzene rings is 1. The lowest BCUT2D eigenvalue weighted by Gasteiger charge is -2.05. The van der Waals surface area contributed by atoms with E-state index < -0.39 is 0 Å². The molecule has 1 aromatic heterocycles. The predicted octanol–water partition coefficient (Wildman–Crippen LogP) is 1.28. The van der Waals surface area contributed by atoms with Gasteiger partial charge < -0.3 is 4.57 Å². The predicted molar refractivity (Wildman–Crippen MR) is 61.9 cm³/mol. The number of hydrogen-bond acceptors (Lipinski definition) is 3. The average molecular weight is 231 g/mol. The standard InChI is InChI=1S/C12H13N3O2/c1-15-9-13-7-11(15)12(16)14-17-8-10-5-3-2-4-6-10/h2-7,9H,8H2,1H3,(H,14,16). The molecule has 88 valence electrons. The van der Waals surface area contributed by atoms with Crippen LogP contribution in [0.1, 0.15) is 16.1 Å². The Morgan fingerprint density at radius 1 is 1.41 bits per heavy atom. The molecule has 2 aromatic rings. The minimum atomic E-state index is -0.305. The quantitative estimate of drug-likeness (QED) is 0.806. The van der Waals surface area contributed by atoms with Gasteiger partial charge in [-0.2, -0.15) is 0 Å². The first-order valence-electron chi connectivity index (χ1n) is 5.20. The minimum absolute atomic E-state index is 0.305. The molecule has 5 heteroatoms. The lowest BCUT2D eigenvalue weighted by Crippen LogP contribution is -2.25. The number of aryl methyl sites for hydroxylation is 1. The third kappa shape index (κ3) is 2.92. The molecule has 0 atom stereocenters. The zero-order valence-electron chi connectivity index (χ0n) is 9.46. The third-order valence-electron chi connectivity index (χ3n) is 2.30. The molecule has 2 rings (SSSR count). The number of carbonyl (C=O) groups is 1. The van der Waals surface area contributed by atoms with Crippen molar-refractivity contribution in [2.24, 2.45) is 7.05 Å². The zero-order valence-corrected chi connectivity index (χ0v) is 9.46. The Bertz CT molecular complexity index is 493. The number of nitrogens with one attached hydrogen (secondary N) is 1. The van der Waals surface area contributed by atoms with Crippen LogP contribution in [0.3, 0.4) is 0 Å². The minimum Gasteiger partial charge on any atom is -0.330 e. The topological polar surface area (TPSA) is 56.2 Å². The lowest BCUT2D eigenvalue weighted by molar-refractivity contribution is 0.0227. The molecule has 1 N–H and O–H groups in total. The fraction of sp³-hybridized carbons (Fsp3) is 0.167. The molecular weight excluding hydrogens is 218 g/mol. The Labute approximate surface area is 99.0 Å². The Morgan fingerprint density at radius 3 is 2.82 bits per heavy atom. The molecule has 17 heavy (non-hydrogen) atoms. The molecule has 0 aliphatic carbocycles. The molecule has 1 amide bonds. The van der Waals surface area contributed by atoms with Crippen molar-refractivity contribution in [2.45, 2.75) is 6.61 Å². The van der Waals surface area contributed by atoms with E-state index in [0.29, 0.717) is 12.3 Å². The molecule has 0 fully saturated rings. The van der Waals surface area contributed by atoms with E-state index >= 15 is 0 Å². The number of amides is 1. The summed E-state index contributed by atoms with van der Waals surface area (Å²) in [6.45, 7) is 0.338. The number of hydroxylamine groups is 1. The van der Waals surface area contributed by atoms with Gasteiger partial charge in [0.25, 0.3) is 5.91 Å². The Morgan fingerprint density at radius 2 is 2.18 bits per heavy atom. The van der Waals surface area contributed by atoms with Crippen LogP contribution in [0.15, 0.2) is 42.9 Å². The highest BCUT2D eigenvalue weighted by atomic mass is 16.6. The SMILES string of the molecule is Cn1cncc1C(=O)NOCc1ccccc1. The van der Waals surface area contributed by atoms with Gasteiger partial charge in [0.1, 0.15) is 5.69 Å². The Hall–Kier alpha value is -2.14. The highest BCUT2D eigenvalue weighted by Gasteiger charge is 2.08. The van der Waals surface area contributed by atoms with E-state index in [1.54, 1.807) is 17.9 Å². The van der Waals surface area contributed by atoms with E-state index in [-0.39, 0.29) is 5.91 Å². The molecule has 0 spiro atoms. The molecule has 5 nitrogen and oxygen atoms in total. The second-order valence-corrected chi connectivity index (χ2v) is 3.60. The van der Waals surface area contributed by atoms with Gasteiger partial charge in [-0.25, -0.2) is 10.5 Å². The summed E-state index contributed by atoms with van der Waals surface area (Å²) in [4.78, 5) is 20.6. The van der Waals surface area contributed by atoms with Gasteiger partial charge in [0.2, 0.25) is 0 Å². The molecule has 1 aromatic carbocycles. The number of carbonyl (C=O) groups excluding carboxylic acids is 1. The van der Waals surface area contributed by atoms with Crippen molar-refractivity contribution >= 4 is 5.91 Å². The molecule has 0 saturated carbocycles. The maximum atomic E-state index is 11.6. The summed E-state index contributed by atoms with van der Waals surface area (Å²) in [5.41, 5.74) is 3.83. The van der Waals surface area contributed by atoms with Crippen LogP contribution in [0, 0.1) is 0 Å². The smallest absolute Gasteiger partial charge is 0.293 e. The summed E-state index contributed by atoms with van der Waals surface area (Å²) in [5, 5.41) is 0. The van der Waals surface area contributed by atoms with Gasteiger partial charge >= 0.3 is 0 Å². The number of imidazole rings is 1. The van der Waals surface area contributed by atoms with Crippen LogP contribution in [0.5, 0.6) is 0 Å². The highest BCUT2D eigenvalue weighted by molar-refractivity contribution is 5.91. The van der Waals surface area contributed by atoms with Crippen LogP contribution >= 0.6 is 0 Å². The van der Waals surface area contributed by atoms with Crippen molar-refractivity contribution in [3.05, 3.63) is 54.1 Å². The van der Waals surface area contributed by atoms with E-state index in [1.165, 1.54) is 6.20 Å². The van der Waals surface area contributed by atoms with Crippen molar-refractivity contribution in [1.82, 2.24) is 15.0 Å². The van der Waals surface area contributed by atoms with Gasteiger partial charge in [0, 0.05) is 7.05 Å². The molecule has 0 aliphatic rings. The fourth-order valence-corrected chi connectivity index (χ4v) is 1.39. The van der Waals surface area contributed by atoms with Crippen LogP contribution in [0.25, 0.3) is 0 Å². The fourth-order valence-electron chi connectivity index (χ4n) is 1.39. The van der Waals surface area contributed by atoms with Crippen molar-refractivity contribution in [3.63, 3.8) is 0 Å². The lowest BCUT2D eigenvalue weighted by atomic mass is 10.2. The van der Waals surface area contributed by atoms with E-state index in [2.05, 4.69) is 10.5 Å². The van der Waals surface area contributed by atoms with Crippen molar-refractivity contribution in [3.8, 4) is 0 Å². The molecular formula is C12H13N3O2. The number of hydrogen-bond donors (Lipinski definition) is 1. The normalized spacial score (nSPS) is 10.2. The first-order valence-corrected chi connectivity index (χ1v) is 5.20. The van der Waals surface area contributed by atoms with E-state index in [1.807, 2.05) is 30.3 Å². The summed E-state index contributed by atoms with van der Waals surface area (Å²) >= 11 is 0. The van der Waals surface area contributed by atoms with Gasteiger partial charge in [-0.15, -0.1) is 0 Å². The zero-order chi connectivity index (χ0) is 12.1. The average Bonchev–Trinajstić information content (AvgIpc) is 2.77. The highest BCUT2D eigenvalue weighted by Crippen LogP contribution is 2.00. The monoisotopic (exact) mass is 231 g/mol. The summed E-state index contributed by atoms with van der Waals surface area (Å²) in [6.07, 6.45) is 3.05. The second kappa shape index (κ2) is 5.27. The van der Waals surface area contributed by atoms with Gasteiger partial charge in [-0.1, -0.05) is 30.3 Å². The first kappa shape index (κ1) is 11.3. The molecule has 0 saturated heterocycles. The van der Waals surface area contributed by atoms with Gasteiger partial charge in [-0.05, 0) is 5.56 Å². The molecule has 0 aliphatic heterocycles.